The highest BCUT2D eigenvalue weighted by molar-refractivity contribution is 7.22. The molecule has 1 aliphatic carbocycles. The van der Waals surface area contributed by atoms with E-state index >= 15 is 0 Å². The molecule has 0 spiro atoms. The zero-order chi connectivity index (χ0) is 18.5. The molecule has 5 rings (SSSR count). The molecule has 1 aliphatic heterocycles. The minimum Gasteiger partial charge on any atom is -0.398 e. The van der Waals surface area contributed by atoms with E-state index in [-0.39, 0.29) is 6.04 Å². The van der Waals surface area contributed by atoms with Crippen molar-refractivity contribution in [2.75, 3.05) is 16.8 Å². The zero-order valence-electron chi connectivity index (χ0n) is 15.0. The van der Waals surface area contributed by atoms with Crippen LogP contribution in [0.15, 0.2) is 30.3 Å². The maximum atomic E-state index is 7.89. The number of nitrogens with two attached hydrogens (primary N) is 2. The third-order valence-corrected chi connectivity index (χ3v) is 7.03. The number of thiazole rings is 1. The van der Waals surface area contributed by atoms with Gasteiger partial charge in [-0.25, -0.2) is 4.98 Å². The lowest BCUT2D eigenvalue weighted by atomic mass is 9.67. The quantitative estimate of drug-likeness (QED) is 0.377. The van der Waals surface area contributed by atoms with Crippen molar-refractivity contribution in [1.82, 2.24) is 4.98 Å². The molecule has 2 heterocycles. The Balaban J connectivity index is 1.64. The molecular formula is C21H23N5S. The molecule has 6 heteroatoms. The highest BCUT2D eigenvalue weighted by Crippen LogP contribution is 2.52. The molecule has 1 unspecified atom stereocenters. The molecule has 2 aromatic carbocycles. The number of hydrogen-bond acceptors (Lipinski definition) is 6. The van der Waals surface area contributed by atoms with Crippen molar-refractivity contribution >= 4 is 44.3 Å². The number of nitrogen functional groups attached to an aromatic ring is 2. The minimum atomic E-state index is 0.262. The Morgan fingerprint density at radius 3 is 2.85 bits per heavy atom. The fourth-order valence-corrected chi connectivity index (χ4v) is 5.80. The van der Waals surface area contributed by atoms with Gasteiger partial charge in [0.15, 0.2) is 5.13 Å². The molecule has 3 aromatic rings. The topological polar surface area (TPSA) is 101 Å². The number of aromatic nitrogens is 1. The summed E-state index contributed by atoms with van der Waals surface area (Å²) in [5.74, 6) is 0.955. The molecule has 3 atom stereocenters. The van der Waals surface area contributed by atoms with Gasteiger partial charge in [0, 0.05) is 23.2 Å². The summed E-state index contributed by atoms with van der Waals surface area (Å²) < 4.78 is 1.14. The van der Waals surface area contributed by atoms with E-state index in [2.05, 4.69) is 34.6 Å². The van der Waals surface area contributed by atoms with Gasteiger partial charge in [0.2, 0.25) is 0 Å². The second kappa shape index (κ2) is 6.23. The second-order valence-electron chi connectivity index (χ2n) is 7.63. The van der Waals surface area contributed by atoms with E-state index in [1.54, 1.807) is 11.3 Å². The first-order valence-corrected chi connectivity index (χ1v) is 10.3. The molecule has 1 saturated carbocycles. The molecule has 0 amide bonds. The van der Waals surface area contributed by atoms with E-state index < -0.39 is 0 Å². The third-order valence-electron chi connectivity index (χ3n) is 6.18. The SMILES string of the molecule is N=Cc1c(N)ccc2c1C1CCCC[C@H]1[C@H](c1ccc3nc(N)sc3c1)N2. The first-order chi connectivity index (χ1) is 13.2. The third kappa shape index (κ3) is 2.58. The Labute approximate surface area is 162 Å². The minimum absolute atomic E-state index is 0.262. The van der Waals surface area contributed by atoms with Crippen molar-refractivity contribution in [2.45, 2.75) is 37.6 Å². The summed E-state index contributed by atoms with van der Waals surface area (Å²) >= 11 is 1.55. The van der Waals surface area contributed by atoms with E-state index in [9.17, 15) is 0 Å². The molecule has 0 bridgehead atoms. The van der Waals surface area contributed by atoms with Gasteiger partial charge in [0.25, 0.3) is 0 Å². The Morgan fingerprint density at radius 1 is 1.15 bits per heavy atom. The monoisotopic (exact) mass is 377 g/mol. The predicted molar refractivity (Wildman–Crippen MR) is 114 cm³/mol. The van der Waals surface area contributed by atoms with Gasteiger partial charge in [-0.3, -0.25) is 0 Å². The van der Waals surface area contributed by atoms with Crippen molar-refractivity contribution < 1.29 is 0 Å². The van der Waals surface area contributed by atoms with Crippen LogP contribution in [-0.2, 0) is 0 Å². The first kappa shape index (κ1) is 16.6. The van der Waals surface area contributed by atoms with Crippen molar-refractivity contribution in [3.05, 3.63) is 47.0 Å². The fourth-order valence-electron chi connectivity index (χ4n) is 5.01. The number of nitrogens with one attached hydrogen (secondary N) is 2. The summed E-state index contributed by atoms with van der Waals surface area (Å²) in [6.07, 6.45) is 6.28. The van der Waals surface area contributed by atoms with E-state index in [0.29, 0.717) is 22.7 Å². The second-order valence-corrected chi connectivity index (χ2v) is 8.69. The number of benzene rings is 2. The van der Waals surface area contributed by atoms with Crippen LogP contribution in [0, 0.1) is 11.3 Å². The summed E-state index contributed by atoms with van der Waals surface area (Å²) in [4.78, 5) is 4.39. The standard InChI is InChI=1S/C21H23N5S/c22-10-14-15(23)6-8-17-19(14)12-3-1-2-4-13(12)20(25-17)11-5-7-16-18(9-11)27-21(24)26-16/h5-10,12-13,20,22,25H,1-4,23H2,(H2,24,26)/t12?,13-,20+/m1/s1. The highest BCUT2D eigenvalue weighted by atomic mass is 32.1. The van der Waals surface area contributed by atoms with Crippen LogP contribution in [0.5, 0.6) is 0 Å². The predicted octanol–water partition coefficient (Wildman–Crippen LogP) is 4.90. The van der Waals surface area contributed by atoms with Crippen molar-refractivity contribution in [1.29, 1.82) is 5.41 Å². The van der Waals surface area contributed by atoms with E-state index in [0.717, 1.165) is 27.9 Å². The van der Waals surface area contributed by atoms with Gasteiger partial charge in [0.05, 0.1) is 16.3 Å². The Hall–Kier alpha value is -2.60. The lowest BCUT2D eigenvalue weighted by Crippen LogP contribution is -2.34. The van der Waals surface area contributed by atoms with Crippen LogP contribution in [0.25, 0.3) is 10.2 Å². The van der Waals surface area contributed by atoms with E-state index in [4.69, 9.17) is 16.9 Å². The molecule has 0 saturated heterocycles. The van der Waals surface area contributed by atoms with Gasteiger partial charge < -0.3 is 22.2 Å². The molecule has 2 aliphatic rings. The summed E-state index contributed by atoms with van der Waals surface area (Å²) in [7, 11) is 0. The summed E-state index contributed by atoms with van der Waals surface area (Å²) in [6, 6.07) is 10.8. The van der Waals surface area contributed by atoms with Crippen LogP contribution in [0.3, 0.4) is 0 Å². The molecule has 1 fully saturated rings. The average Bonchev–Trinajstić information content (AvgIpc) is 3.06. The molecular weight excluding hydrogens is 354 g/mol. The molecule has 138 valence electrons. The summed E-state index contributed by atoms with van der Waals surface area (Å²) in [6.45, 7) is 0. The Kier molecular flexibility index (Phi) is 3.82. The Morgan fingerprint density at radius 2 is 2.00 bits per heavy atom. The van der Waals surface area contributed by atoms with Crippen LogP contribution in [0.1, 0.15) is 54.3 Å². The van der Waals surface area contributed by atoms with E-state index in [1.165, 1.54) is 36.6 Å². The maximum Gasteiger partial charge on any atom is 0.181 e. The first-order valence-electron chi connectivity index (χ1n) is 9.51. The van der Waals surface area contributed by atoms with Crippen molar-refractivity contribution in [2.24, 2.45) is 5.92 Å². The van der Waals surface area contributed by atoms with Crippen molar-refractivity contribution in [3.63, 3.8) is 0 Å². The fraction of sp³-hybridized carbons (Fsp3) is 0.333. The molecule has 0 radical (unpaired) electrons. The number of fused-ring (bicyclic) bond motifs is 4. The largest absolute Gasteiger partial charge is 0.398 e. The summed E-state index contributed by atoms with van der Waals surface area (Å²) in [5.41, 5.74) is 18.3. The average molecular weight is 378 g/mol. The van der Waals surface area contributed by atoms with Gasteiger partial charge in [-0.15, -0.1) is 0 Å². The molecule has 5 nitrogen and oxygen atoms in total. The van der Waals surface area contributed by atoms with Gasteiger partial charge in [-0.05, 0) is 60.1 Å². The molecule has 27 heavy (non-hydrogen) atoms. The van der Waals surface area contributed by atoms with Crippen molar-refractivity contribution in [3.8, 4) is 0 Å². The van der Waals surface area contributed by atoms with Crippen LogP contribution in [0.4, 0.5) is 16.5 Å². The Bertz CT molecular complexity index is 1040. The number of anilines is 3. The highest BCUT2D eigenvalue weighted by Gasteiger charge is 2.40. The smallest absolute Gasteiger partial charge is 0.181 e. The van der Waals surface area contributed by atoms with Gasteiger partial charge in [-0.2, -0.15) is 0 Å². The number of nitrogens with zero attached hydrogens (tertiary/aromatic N) is 1. The van der Waals surface area contributed by atoms with Gasteiger partial charge >= 0.3 is 0 Å². The normalized spacial score (nSPS) is 24.1. The summed E-state index contributed by atoms with van der Waals surface area (Å²) in [5, 5.41) is 12.3. The number of rotatable bonds is 2. The van der Waals surface area contributed by atoms with Gasteiger partial charge in [-0.1, -0.05) is 30.2 Å². The van der Waals surface area contributed by atoms with Crippen LogP contribution < -0.4 is 16.8 Å². The molecule has 1 aromatic heterocycles. The van der Waals surface area contributed by atoms with Crippen LogP contribution in [0.2, 0.25) is 0 Å². The van der Waals surface area contributed by atoms with Crippen LogP contribution in [-0.4, -0.2) is 11.2 Å². The lowest BCUT2D eigenvalue weighted by molar-refractivity contribution is 0.265. The number of hydrogen-bond donors (Lipinski definition) is 4. The molecule has 6 N–H and O–H groups in total. The van der Waals surface area contributed by atoms with Gasteiger partial charge in [0.1, 0.15) is 0 Å². The lowest BCUT2D eigenvalue weighted by Gasteiger charge is -2.44. The van der Waals surface area contributed by atoms with Crippen LogP contribution >= 0.6 is 11.3 Å². The zero-order valence-corrected chi connectivity index (χ0v) is 15.9. The van der Waals surface area contributed by atoms with E-state index in [1.807, 2.05) is 6.07 Å². The maximum absolute atomic E-state index is 7.89.